The monoisotopic (exact) mass is 312 g/mol. The van der Waals surface area contributed by atoms with Crippen LogP contribution in [-0.2, 0) is 17.6 Å². The number of anilines is 1. The second kappa shape index (κ2) is 8.35. The van der Waals surface area contributed by atoms with E-state index in [9.17, 15) is 10.1 Å². The van der Waals surface area contributed by atoms with Gasteiger partial charge in [0.15, 0.2) is 0 Å². The highest BCUT2D eigenvalue weighted by Crippen LogP contribution is 2.23. The maximum absolute atomic E-state index is 12.5. The molecule has 2 N–H and O–H groups in total. The fourth-order valence-electron chi connectivity index (χ4n) is 2.72. The Kier molecular flexibility index (Phi) is 6.19. The van der Waals surface area contributed by atoms with E-state index in [1.54, 1.807) is 6.20 Å². The molecule has 0 radical (unpaired) electrons. The molecule has 0 saturated carbocycles. The van der Waals surface area contributed by atoms with Gasteiger partial charge in [0.2, 0.25) is 0 Å². The van der Waals surface area contributed by atoms with E-state index in [0.29, 0.717) is 0 Å². The summed E-state index contributed by atoms with van der Waals surface area (Å²) in [7, 11) is 0. The number of aryl methyl sites for hydroxylation is 2. The molecule has 122 valence electrons. The average Bonchev–Trinajstić information content (AvgIpc) is 2.60. The Morgan fingerprint density at radius 2 is 1.91 bits per heavy atom. The number of carbonyl (C=O) groups is 1. The Labute approximate surface area is 138 Å². The molecule has 0 aromatic heterocycles. The molecule has 23 heavy (non-hydrogen) atoms. The first-order valence-electron chi connectivity index (χ1n) is 8.18. The molecule has 0 bridgehead atoms. The number of benzene rings is 1. The minimum absolute atomic E-state index is 0.153. The van der Waals surface area contributed by atoms with E-state index in [1.165, 1.54) is 0 Å². The lowest BCUT2D eigenvalue weighted by Crippen LogP contribution is -2.41. The number of hydrogen-bond acceptors (Lipinski definition) is 4. The molecule has 1 fully saturated rings. The molecule has 5 heteroatoms. The van der Waals surface area contributed by atoms with Crippen LogP contribution in [0.15, 0.2) is 30.0 Å². The van der Waals surface area contributed by atoms with Gasteiger partial charge in [-0.15, -0.1) is 0 Å². The average molecular weight is 312 g/mol. The van der Waals surface area contributed by atoms with Crippen molar-refractivity contribution in [2.45, 2.75) is 26.7 Å². The minimum Gasteiger partial charge on any atom is -0.374 e. The Morgan fingerprint density at radius 3 is 2.43 bits per heavy atom. The normalized spacial score (nSPS) is 15.2. The third kappa shape index (κ3) is 4.33. The van der Waals surface area contributed by atoms with Crippen molar-refractivity contribution in [3.63, 3.8) is 0 Å². The number of carbonyl (C=O) groups excluding carboxylic acids is 1. The zero-order valence-corrected chi connectivity index (χ0v) is 13.9. The van der Waals surface area contributed by atoms with Gasteiger partial charge in [-0.05, 0) is 24.0 Å². The van der Waals surface area contributed by atoms with Crippen LogP contribution in [0.3, 0.4) is 0 Å². The topological polar surface area (TPSA) is 68.2 Å². The van der Waals surface area contributed by atoms with Gasteiger partial charge in [-0.1, -0.05) is 32.0 Å². The fourth-order valence-corrected chi connectivity index (χ4v) is 2.72. The van der Waals surface area contributed by atoms with Crippen LogP contribution >= 0.6 is 0 Å². The number of rotatable bonds is 5. The highest BCUT2D eigenvalue weighted by Gasteiger charge is 2.16. The van der Waals surface area contributed by atoms with E-state index >= 15 is 0 Å². The molecule has 0 unspecified atom stereocenters. The third-order valence-corrected chi connectivity index (χ3v) is 4.07. The van der Waals surface area contributed by atoms with Crippen LogP contribution < -0.4 is 10.6 Å². The zero-order valence-electron chi connectivity index (χ0n) is 13.9. The summed E-state index contributed by atoms with van der Waals surface area (Å²) in [5.74, 6) is -0.332. The number of piperazine rings is 1. The summed E-state index contributed by atoms with van der Waals surface area (Å²) >= 11 is 0. The molecule has 1 amide bonds. The van der Waals surface area contributed by atoms with Crippen LogP contribution in [0.5, 0.6) is 0 Å². The van der Waals surface area contributed by atoms with Gasteiger partial charge in [0, 0.05) is 38.1 Å². The number of nitrogens with one attached hydrogen (secondary N) is 2. The first kappa shape index (κ1) is 17.0. The van der Waals surface area contributed by atoms with Gasteiger partial charge in [0.1, 0.15) is 11.6 Å². The molecule has 5 nitrogen and oxygen atoms in total. The number of nitriles is 1. The van der Waals surface area contributed by atoms with E-state index in [0.717, 1.165) is 55.8 Å². The van der Waals surface area contributed by atoms with Gasteiger partial charge >= 0.3 is 0 Å². The third-order valence-electron chi connectivity index (χ3n) is 4.07. The molecule has 1 aromatic rings. The van der Waals surface area contributed by atoms with Crippen molar-refractivity contribution in [1.29, 1.82) is 5.26 Å². The second-order valence-corrected chi connectivity index (χ2v) is 5.55. The molecule has 0 spiro atoms. The summed E-state index contributed by atoms with van der Waals surface area (Å²) in [5, 5.41) is 15.5. The van der Waals surface area contributed by atoms with Crippen LogP contribution in [0.2, 0.25) is 0 Å². The predicted molar refractivity (Wildman–Crippen MR) is 92.0 cm³/mol. The van der Waals surface area contributed by atoms with E-state index in [-0.39, 0.29) is 11.5 Å². The zero-order chi connectivity index (χ0) is 16.7. The molecule has 1 aliphatic rings. The fraction of sp³-hybridized carbons (Fsp3) is 0.444. The Morgan fingerprint density at radius 1 is 1.30 bits per heavy atom. The van der Waals surface area contributed by atoms with Crippen molar-refractivity contribution in [1.82, 2.24) is 10.2 Å². The van der Waals surface area contributed by atoms with Gasteiger partial charge in [0.25, 0.3) is 5.91 Å². The standard InChI is InChI=1S/C18H24N4O/c1-3-14-6-5-7-15(4-2)17(14)21-18(23)16(12-19)13-22-10-8-20-9-11-22/h5-7,13,20H,3-4,8-11H2,1-2H3,(H,21,23)/b16-13-. The quantitative estimate of drug-likeness (QED) is 0.645. The predicted octanol–water partition coefficient (Wildman–Crippen LogP) is 2.06. The molecule has 1 aromatic carbocycles. The lowest BCUT2D eigenvalue weighted by atomic mass is 10.0. The van der Waals surface area contributed by atoms with Crippen molar-refractivity contribution >= 4 is 11.6 Å². The summed E-state index contributed by atoms with van der Waals surface area (Å²) in [6, 6.07) is 8.07. The van der Waals surface area contributed by atoms with Crippen LogP contribution in [0.4, 0.5) is 5.69 Å². The molecular weight excluding hydrogens is 288 g/mol. The first-order valence-corrected chi connectivity index (χ1v) is 8.18. The van der Waals surface area contributed by atoms with Crippen molar-refractivity contribution in [2.75, 3.05) is 31.5 Å². The molecule has 0 aliphatic carbocycles. The van der Waals surface area contributed by atoms with Gasteiger partial charge < -0.3 is 15.5 Å². The van der Waals surface area contributed by atoms with Crippen LogP contribution in [0.1, 0.15) is 25.0 Å². The van der Waals surface area contributed by atoms with Gasteiger partial charge in [-0.3, -0.25) is 4.79 Å². The molecule has 1 saturated heterocycles. The largest absolute Gasteiger partial charge is 0.374 e. The summed E-state index contributed by atoms with van der Waals surface area (Å²) < 4.78 is 0. The minimum atomic E-state index is -0.332. The number of hydrogen-bond donors (Lipinski definition) is 2. The van der Waals surface area contributed by atoms with E-state index < -0.39 is 0 Å². The van der Waals surface area contributed by atoms with Crippen molar-refractivity contribution < 1.29 is 4.79 Å². The Hall–Kier alpha value is -2.32. The summed E-state index contributed by atoms with van der Waals surface area (Å²) in [6.07, 6.45) is 3.36. The van der Waals surface area contributed by atoms with Crippen LogP contribution in [0.25, 0.3) is 0 Å². The number of nitrogens with zero attached hydrogens (tertiary/aromatic N) is 2. The highest BCUT2D eigenvalue weighted by molar-refractivity contribution is 6.07. The van der Waals surface area contributed by atoms with Crippen LogP contribution in [0, 0.1) is 11.3 Å². The van der Waals surface area contributed by atoms with Crippen LogP contribution in [-0.4, -0.2) is 37.0 Å². The second-order valence-electron chi connectivity index (χ2n) is 5.55. The summed E-state index contributed by atoms with van der Waals surface area (Å²) in [6.45, 7) is 7.48. The summed E-state index contributed by atoms with van der Waals surface area (Å²) in [5.41, 5.74) is 3.19. The lowest BCUT2D eigenvalue weighted by molar-refractivity contribution is -0.112. The van der Waals surface area contributed by atoms with Gasteiger partial charge in [-0.25, -0.2) is 0 Å². The molecular formula is C18H24N4O. The van der Waals surface area contributed by atoms with E-state index in [2.05, 4.69) is 24.5 Å². The smallest absolute Gasteiger partial charge is 0.267 e. The first-order chi connectivity index (χ1) is 11.2. The van der Waals surface area contributed by atoms with Gasteiger partial charge in [-0.2, -0.15) is 5.26 Å². The molecule has 1 heterocycles. The summed E-state index contributed by atoms with van der Waals surface area (Å²) in [4.78, 5) is 14.5. The highest BCUT2D eigenvalue weighted by atomic mass is 16.1. The molecule has 2 rings (SSSR count). The molecule has 1 aliphatic heterocycles. The van der Waals surface area contributed by atoms with E-state index in [4.69, 9.17) is 0 Å². The lowest BCUT2D eigenvalue weighted by Gasteiger charge is -2.26. The SMILES string of the molecule is CCc1cccc(CC)c1NC(=O)/C(C#N)=C\N1CCNCC1. The Bertz CT molecular complexity index is 602. The Balaban J connectivity index is 2.20. The van der Waals surface area contributed by atoms with E-state index in [1.807, 2.05) is 29.2 Å². The maximum Gasteiger partial charge on any atom is 0.267 e. The number of para-hydroxylation sites is 1. The van der Waals surface area contributed by atoms with Crippen molar-refractivity contribution in [3.05, 3.63) is 41.1 Å². The number of amides is 1. The molecule has 0 atom stereocenters. The maximum atomic E-state index is 12.5. The van der Waals surface area contributed by atoms with Crippen molar-refractivity contribution in [3.8, 4) is 6.07 Å². The van der Waals surface area contributed by atoms with Gasteiger partial charge in [0.05, 0.1) is 0 Å². The van der Waals surface area contributed by atoms with Crippen molar-refractivity contribution in [2.24, 2.45) is 0 Å².